The van der Waals surface area contributed by atoms with Gasteiger partial charge in [-0.25, -0.2) is 0 Å². The van der Waals surface area contributed by atoms with Crippen LogP contribution in [0.15, 0.2) is 39.6 Å². The highest BCUT2D eigenvalue weighted by atomic mass is 79.9. The van der Waals surface area contributed by atoms with E-state index in [1.54, 1.807) is 0 Å². The maximum absolute atomic E-state index is 4.91. The van der Waals surface area contributed by atoms with Gasteiger partial charge in [0, 0.05) is 4.47 Å². The SMILES string of the molecule is Brc1ccccc1-c1ncno1. The first-order chi connectivity index (χ1) is 5.88. The van der Waals surface area contributed by atoms with E-state index >= 15 is 0 Å². The highest BCUT2D eigenvalue weighted by Crippen LogP contribution is 2.25. The molecular weight excluding hydrogens is 220 g/mol. The van der Waals surface area contributed by atoms with Gasteiger partial charge >= 0.3 is 0 Å². The molecule has 0 atom stereocenters. The molecule has 0 amide bonds. The quantitative estimate of drug-likeness (QED) is 0.748. The second kappa shape index (κ2) is 3.06. The summed E-state index contributed by atoms with van der Waals surface area (Å²) in [6, 6.07) is 7.70. The maximum atomic E-state index is 4.91. The van der Waals surface area contributed by atoms with Crippen molar-refractivity contribution in [2.75, 3.05) is 0 Å². The fourth-order valence-corrected chi connectivity index (χ4v) is 1.38. The molecule has 0 spiro atoms. The number of nitrogens with zero attached hydrogens (tertiary/aromatic N) is 2. The maximum Gasteiger partial charge on any atom is 0.258 e. The number of benzene rings is 1. The van der Waals surface area contributed by atoms with Crippen LogP contribution in [0.25, 0.3) is 11.5 Å². The van der Waals surface area contributed by atoms with Crippen LogP contribution in [0.1, 0.15) is 0 Å². The van der Waals surface area contributed by atoms with Crippen molar-refractivity contribution in [1.29, 1.82) is 0 Å². The molecule has 2 rings (SSSR count). The van der Waals surface area contributed by atoms with Crippen molar-refractivity contribution in [3.8, 4) is 11.5 Å². The zero-order valence-corrected chi connectivity index (χ0v) is 7.65. The highest BCUT2D eigenvalue weighted by Gasteiger charge is 2.05. The summed E-state index contributed by atoms with van der Waals surface area (Å²) in [7, 11) is 0. The number of halogens is 1. The van der Waals surface area contributed by atoms with Gasteiger partial charge in [0.1, 0.15) is 0 Å². The van der Waals surface area contributed by atoms with E-state index in [-0.39, 0.29) is 0 Å². The minimum atomic E-state index is 0.530. The second-order valence-electron chi connectivity index (χ2n) is 2.23. The fraction of sp³-hybridized carbons (Fsp3) is 0. The molecule has 1 heterocycles. The van der Waals surface area contributed by atoms with E-state index in [9.17, 15) is 0 Å². The monoisotopic (exact) mass is 224 g/mol. The van der Waals surface area contributed by atoms with E-state index in [0.717, 1.165) is 10.0 Å². The van der Waals surface area contributed by atoms with Gasteiger partial charge in [-0.1, -0.05) is 17.3 Å². The Bertz CT molecular complexity index is 372. The van der Waals surface area contributed by atoms with E-state index in [2.05, 4.69) is 26.1 Å². The number of rotatable bonds is 1. The summed E-state index contributed by atoms with van der Waals surface area (Å²) in [6.45, 7) is 0. The predicted molar refractivity (Wildman–Crippen MR) is 47.4 cm³/mol. The molecule has 0 fully saturated rings. The van der Waals surface area contributed by atoms with E-state index < -0.39 is 0 Å². The van der Waals surface area contributed by atoms with E-state index in [1.807, 2.05) is 24.3 Å². The number of hydrogen-bond acceptors (Lipinski definition) is 3. The molecule has 4 heteroatoms. The Balaban J connectivity index is 2.55. The first kappa shape index (κ1) is 7.49. The van der Waals surface area contributed by atoms with E-state index in [4.69, 9.17) is 4.52 Å². The molecule has 2 aromatic rings. The topological polar surface area (TPSA) is 38.9 Å². The fourth-order valence-electron chi connectivity index (χ4n) is 0.926. The average molecular weight is 225 g/mol. The Morgan fingerprint density at radius 1 is 1.25 bits per heavy atom. The van der Waals surface area contributed by atoms with Crippen LogP contribution in [-0.4, -0.2) is 10.1 Å². The Morgan fingerprint density at radius 3 is 2.75 bits per heavy atom. The summed E-state index contributed by atoms with van der Waals surface area (Å²) in [5.74, 6) is 0.530. The average Bonchev–Trinajstić information content (AvgIpc) is 2.57. The molecule has 0 aliphatic carbocycles. The lowest BCUT2D eigenvalue weighted by Gasteiger charge is -1.95. The van der Waals surface area contributed by atoms with Crippen molar-refractivity contribution >= 4 is 15.9 Å². The van der Waals surface area contributed by atoms with Crippen LogP contribution in [-0.2, 0) is 0 Å². The molecule has 0 N–H and O–H groups in total. The predicted octanol–water partition coefficient (Wildman–Crippen LogP) is 2.50. The molecular formula is C8H5BrN2O. The third-order valence-electron chi connectivity index (χ3n) is 1.47. The van der Waals surface area contributed by atoms with E-state index in [1.165, 1.54) is 6.33 Å². The summed E-state index contributed by atoms with van der Waals surface area (Å²) in [4.78, 5) is 3.94. The first-order valence-electron chi connectivity index (χ1n) is 3.39. The van der Waals surface area contributed by atoms with Crippen molar-refractivity contribution in [2.45, 2.75) is 0 Å². The summed E-state index contributed by atoms with van der Waals surface area (Å²) in [5, 5.41) is 3.53. The summed E-state index contributed by atoms with van der Waals surface area (Å²) < 4.78 is 5.86. The molecule has 0 radical (unpaired) electrons. The third-order valence-corrected chi connectivity index (χ3v) is 2.16. The largest absolute Gasteiger partial charge is 0.334 e. The van der Waals surface area contributed by atoms with Crippen LogP contribution in [0, 0.1) is 0 Å². The minimum absolute atomic E-state index is 0.530. The second-order valence-corrected chi connectivity index (χ2v) is 3.08. The molecule has 0 aliphatic heterocycles. The van der Waals surface area contributed by atoms with E-state index in [0.29, 0.717) is 5.89 Å². The van der Waals surface area contributed by atoms with Crippen LogP contribution in [0.2, 0.25) is 0 Å². The molecule has 0 saturated carbocycles. The Kier molecular flexibility index (Phi) is 1.91. The molecule has 0 bridgehead atoms. The van der Waals surface area contributed by atoms with Crippen molar-refractivity contribution in [2.24, 2.45) is 0 Å². The van der Waals surface area contributed by atoms with Gasteiger partial charge in [0.05, 0.1) is 5.56 Å². The molecule has 0 aliphatic rings. The Hall–Kier alpha value is -1.16. The molecule has 1 aromatic heterocycles. The lowest BCUT2D eigenvalue weighted by Crippen LogP contribution is -1.77. The zero-order chi connectivity index (χ0) is 8.39. The van der Waals surface area contributed by atoms with Crippen LogP contribution < -0.4 is 0 Å². The van der Waals surface area contributed by atoms with Gasteiger partial charge in [-0.05, 0) is 28.1 Å². The Morgan fingerprint density at radius 2 is 2.08 bits per heavy atom. The smallest absolute Gasteiger partial charge is 0.258 e. The highest BCUT2D eigenvalue weighted by molar-refractivity contribution is 9.10. The molecule has 1 aromatic carbocycles. The molecule has 0 unspecified atom stereocenters. The third kappa shape index (κ3) is 1.25. The van der Waals surface area contributed by atoms with Gasteiger partial charge in [0.2, 0.25) is 0 Å². The summed E-state index contributed by atoms with van der Waals surface area (Å²) in [6.07, 6.45) is 1.38. The Labute approximate surface area is 77.5 Å². The van der Waals surface area contributed by atoms with Crippen molar-refractivity contribution in [3.05, 3.63) is 35.1 Å². The lowest BCUT2D eigenvalue weighted by atomic mass is 10.2. The van der Waals surface area contributed by atoms with Crippen molar-refractivity contribution < 1.29 is 4.52 Å². The van der Waals surface area contributed by atoms with Crippen molar-refractivity contribution in [1.82, 2.24) is 10.1 Å². The molecule has 12 heavy (non-hydrogen) atoms. The summed E-state index contributed by atoms with van der Waals surface area (Å²) in [5.41, 5.74) is 0.912. The first-order valence-corrected chi connectivity index (χ1v) is 4.19. The standard InChI is InChI=1S/C8H5BrN2O/c9-7-4-2-1-3-6(7)8-10-5-11-12-8/h1-5H. The van der Waals surface area contributed by atoms with Gasteiger partial charge in [0.25, 0.3) is 5.89 Å². The zero-order valence-electron chi connectivity index (χ0n) is 6.07. The van der Waals surface area contributed by atoms with Crippen LogP contribution in [0.4, 0.5) is 0 Å². The van der Waals surface area contributed by atoms with Crippen LogP contribution in [0.3, 0.4) is 0 Å². The number of hydrogen-bond donors (Lipinski definition) is 0. The van der Waals surface area contributed by atoms with Gasteiger partial charge in [-0.3, -0.25) is 0 Å². The lowest BCUT2D eigenvalue weighted by molar-refractivity contribution is 0.430. The molecule has 60 valence electrons. The summed E-state index contributed by atoms with van der Waals surface area (Å²) >= 11 is 3.39. The molecule has 3 nitrogen and oxygen atoms in total. The van der Waals surface area contributed by atoms with Crippen LogP contribution in [0.5, 0.6) is 0 Å². The van der Waals surface area contributed by atoms with Gasteiger partial charge < -0.3 is 4.52 Å². The number of aromatic nitrogens is 2. The molecule has 0 saturated heterocycles. The van der Waals surface area contributed by atoms with Gasteiger partial charge in [0.15, 0.2) is 6.33 Å². The van der Waals surface area contributed by atoms with Gasteiger partial charge in [-0.2, -0.15) is 4.98 Å². The van der Waals surface area contributed by atoms with Gasteiger partial charge in [-0.15, -0.1) is 0 Å². The van der Waals surface area contributed by atoms with Crippen LogP contribution >= 0.6 is 15.9 Å². The van der Waals surface area contributed by atoms with Crippen molar-refractivity contribution in [3.63, 3.8) is 0 Å². The minimum Gasteiger partial charge on any atom is -0.334 e. The normalized spacial score (nSPS) is 10.1.